The van der Waals surface area contributed by atoms with Crippen LogP contribution in [0.3, 0.4) is 0 Å². The number of thiocarbonyl (C=S) groups is 1. The number of likely N-dealkylation sites (N-methyl/N-ethyl adjacent to an activating group) is 1. The molecule has 1 aliphatic heterocycles. The Morgan fingerprint density at radius 3 is 2.71 bits per heavy atom. The van der Waals surface area contributed by atoms with E-state index in [0.29, 0.717) is 18.7 Å². The molecule has 1 aromatic carbocycles. The second-order valence-electron chi connectivity index (χ2n) is 5.53. The average Bonchev–Trinajstić information content (AvgIpc) is 2.86. The third-order valence-electron chi connectivity index (χ3n) is 3.64. The summed E-state index contributed by atoms with van der Waals surface area (Å²) < 4.78 is 27.5. The van der Waals surface area contributed by atoms with Crippen LogP contribution in [0.1, 0.15) is 18.4 Å². The summed E-state index contributed by atoms with van der Waals surface area (Å²) in [4.78, 5) is 2.33. The molecule has 1 heterocycles. The molecule has 0 aliphatic carbocycles. The van der Waals surface area contributed by atoms with Crippen LogP contribution in [-0.4, -0.2) is 55.8 Å². The van der Waals surface area contributed by atoms with Crippen molar-refractivity contribution in [3.05, 3.63) is 29.8 Å². The van der Waals surface area contributed by atoms with Crippen LogP contribution in [0.15, 0.2) is 29.2 Å². The number of sulfonamides is 1. The highest BCUT2D eigenvalue weighted by molar-refractivity contribution is 7.89. The normalized spacial score (nSPS) is 20.0. The zero-order valence-corrected chi connectivity index (χ0v) is 14.0. The molecule has 7 heteroatoms. The van der Waals surface area contributed by atoms with E-state index in [1.165, 1.54) is 0 Å². The van der Waals surface area contributed by atoms with Gasteiger partial charge in [-0.25, -0.2) is 8.42 Å². The molecule has 1 aromatic rings. The standard InChI is InChI=1S/C14H21N3O2S2/c1-16(2)10-11-6-5-9-17(11)21(18,19)13-8-4-3-7-12(13)14(15)20/h3-4,7-8,11H,5-6,9-10H2,1-2H3,(H2,15,20). The number of benzene rings is 1. The summed E-state index contributed by atoms with van der Waals surface area (Å²) in [6, 6.07) is 6.69. The van der Waals surface area contributed by atoms with Gasteiger partial charge in [0, 0.05) is 24.7 Å². The van der Waals surface area contributed by atoms with Crippen molar-refractivity contribution in [2.24, 2.45) is 5.73 Å². The number of hydrogen-bond donors (Lipinski definition) is 1. The van der Waals surface area contributed by atoms with Crippen LogP contribution in [0.25, 0.3) is 0 Å². The lowest BCUT2D eigenvalue weighted by Gasteiger charge is -2.27. The van der Waals surface area contributed by atoms with Crippen molar-refractivity contribution in [2.75, 3.05) is 27.2 Å². The van der Waals surface area contributed by atoms with Crippen molar-refractivity contribution in [2.45, 2.75) is 23.8 Å². The van der Waals surface area contributed by atoms with Crippen molar-refractivity contribution in [3.63, 3.8) is 0 Å². The second kappa shape index (κ2) is 6.39. The Hall–Kier alpha value is -1.02. The van der Waals surface area contributed by atoms with Gasteiger partial charge in [-0.3, -0.25) is 0 Å². The summed E-state index contributed by atoms with van der Waals surface area (Å²) in [6.07, 6.45) is 1.76. The maximum Gasteiger partial charge on any atom is 0.244 e. The monoisotopic (exact) mass is 327 g/mol. The summed E-state index contributed by atoms with van der Waals surface area (Å²) in [7, 11) is 0.331. The smallest absolute Gasteiger partial charge is 0.244 e. The van der Waals surface area contributed by atoms with Crippen LogP contribution in [-0.2, 0) is 10.0 Å². The first kappa shape index (κ1) is 16.4. The molecule has 0 aromatic heterocycles. The van der Waals surface area contributed by atoms with Crippen LogP contribution in [0.2, 0.25) is 0 Å². The van der Waals surface area contributed by atoms with E-state index < -0.39 is 10.0 Å². The van der Waals surface area contributed by atoms with E-state index >= 15 is 0 Å². The summed E-state index contributed by atoms with van der Waals surface area (Å²) in [5, 5.41) is 0. The maximum atomic E-state index is 12.9. The first-order chi connectivity index (χ1) is 9.84. The van der Waals surface area contributed by atoms with Gasteiger partial charge in [0.2, 0.25) is 10.0 Å². The van der Waals surface area contributed by atoms with Gasteiger partial charge >= 0.3 is 0 Å². The van der Waals surface area contributed by atoms with E-state index in [9.17, 15) is 8.42 Å². The van der Waals surface area contributed by atoms with E-state index in [1.54, 1.807) is 28.6 Å². The topological polar surface area (TPSA) is 66.6 Å². The summed E-state index contributed by atoms with van der Waals surface area (Å²) >= 11 is 4.98. The Balaban J connectivity index is 2.40. The van der Waals surface area contributed by atoms with Gasteiger partial charge in [-0.15, -0.1) is 0 Å². The van der Waals surface area contributed by atoms with E-state index in [0.717, 1.165) is 12.8 Å². The van der Waals surface area contributed by atoms with Crippen LogP contribution in [0, 0.1) is 0 Å². The molecule has 0 bridgehead atoms. The van der Waals surface area contributed by atoms with Gasteiger partial charge in [-0.2, -0.15) is 4.31 Å². The fourth-order valence-electron chi connectivity index (χ4n) is 2.75. The zero-order chi connectivity index (χ0) is 15.6. The van der Waals surface area contributed by atoms with Crippen LogP contribution in [0.5, 0.6) is 0 Å². The van der Waals surface area contributed by atoms with Crippen LogP contribution in [0.4, 0.5) is 0 Å². The van der Waals surface area contributed by atoms with Gasteiger partial charge in [0.1, 0.15) is 4.99 Å². The number of hydrogen-bond acceptors (Lipinski definition) is 4. The first-order valence-corrected chi connectivity index (χ1v) is 8.74. The molecule has 2 N–H and O–H groups in total. The van der Waals surface area contributed by atoms with Crippen molar-refractivity contribution < 1.29 is 8.42 Å². The van der Waals surface area contributed by atoms with Crippen molar-refractivity contribution in [1.82, 2.24) is 9.21 Å². The molecule has 0 spiro atoms. The Kier molecular flexibility index (Phi) is 4.98. The molecule has 1 atom stereocenters. The average molecular weight is 327 g/mol. The molecule has 0 amide bonds. The van der Waals surface area contributed by atoms with Crippen molar-refractivity contribution in [3.8, 4) is 0 Å². The molecule has 1 saturated heterocycles. The maximum absolute atomic E-state index is 12.9. The summed E-state index contributed by atoms with van der Waals surface area (Å²) in [5.74, 6) is 0. The number of rotatable bonds is 5. The Bertz CT molecular complexity index is 629. The van der Waals surface area contributed by atoms with Crippen LogP contribution < -0.4 is 5.73 Å². The lowest BCUT2D eigenvalue weighted by atomic mass is 10.2. The molecule has 1 unspecified atom stereocenters. The minimum absolute atomic E-state index is 0.00408. The molecule has 2 rings (SSSR count). The number of nitrogens with two attached hydrogens (primary N) is 1. The molecule has 21 heavy (non-hydrogen) atoms. The van der Waals surface area contributed by atoms with Crippen molar-refractivity contribution in [1.29, 1.82) is 0 Å². The van der Waals surface area contributed by atoms with Gasteiger partial charge in [0.25, 0.3) is 0 Å². The molecule has 0 radical (unpaired) electrons. The van der Waals surface area contributed by atoms with Gasteiger partial charge in [0.05, 0.1) is 4.90 Å². The Morgan fingerprint density at radius 2 is 2.10 bits per heavy atom. The van der Waals surface area contributed by atoms with E-state index in [1.807, 2.05) is 19.0 Å². The largest absolute Gasteiger partial charge is 0.389 e. The fraction of sp³-hybridized carbons (Fsp3) is 0.500. The summed E-state index contributed by atoms with van der Waals surface area (Å²) in [5.41, 5.74) is 6.09. The van der Waals surface area contributed by atoms with Gasteiger partial charge in [0.15, 0.2) is 0 Å². The molecule has 0 saturated carbocycles. The van der Waals surface area contributed by atoms with Crippen molar-refractivity contribution >= 4 is 27.2 Å². The Labute approximate surface area is 131 Å². The second-order valence-corrected chi connectivity index (χ2v) is 7.83. The van der Waals surface area contributed by atoms with Gasteiger partial charge in [-0.1, -0.05) is 30.4 Å². The minimum atomic E-state index is -3.57. The highest BCUT2D eigenvalue weighted by atomic mass is 32.2. The fourth-order valence-corrected chi connectivity index (χ4v) is 4.89. The molecule has 5 nitrogen and oxygen atoms in total. The highest BCUT2D eigenvalue weighted by Crippen LogP contribution is 2.28. The highest BCUT2D eigenvalue weighted by Gasteiger charge is 2.36. The minimum Gasteiger partial charge on any atom is -0.389 e. The third-order valence-corrected chi connectivity index (χ3v) is 5.87. The predicted molar refractivity (Wildman–Crippen MR) is 87.8 cm³/mol. The van der Waals surface area contributed by atoms with E-state index in [2.05, 4.69) is 0 Å². The molecule has 1 fully saturated rings. The van der Waals surface area contributed by atoms with Gasteiger partial charge in [-0.05, 0) is 33.0 Å². The number of nitrogens with zero attached hydrogens (tertiary/aromatic N) is 2. The first-order valence-electron chi connectivity index (χ1n) is 6.89. The molecular formula is C14H21N3O2S2. The zero-order valence-electron chi connectivity index (χ0n) is 12.3. The summed E-state index contributed by atoms with van der Waals surface area (Å²) in [6.45, 7) is 1.26. The molecular weight excluding hydrogens is 306 g/mol. The SMILES string of the molecule is CN(C)CC1CCCN1S(=O)(=O)c1ccccc1C(N)=S. The van der Waals surface area contributed by atoms with Gasteiger partial charge < -0.3 is 10.6 Å². The van der Waals surface area contributed by atoms with E-state index in [-0.39, 0.29) is 15.9 Å². The predicted octanol–water partition coefficient (Wildman–Crippen LogP) is 1.04. The lowest BCUT2D eigenvalue weighted by Crippen LogP contribution is -2.41. The quantitative estimate of drug-likeness (QED) is 0.819. The lowest BCUT2D eigenvalue weighted by molar-refractivity contribution is 0.291. The molecule has 1 aliphatic rings. The third kappa shape index (κ3) is 3.42. The Morgan fingerprint density at radius 1 is 1.43 bits per heavy atom. The molecule has 116 valence electrons. The van der Waals surface area contributed by atoms with Crippen LogP contribution >= 0.6 is 12.2 Å². The van der Waals surface area contributed by atoms with E-state index in [4.69, 9.17) is 18.0 Å².